The lowest BCUT2D eigenvalue weighted by Gasteiger charge is -2.20. The maximum Gasteiger partial charge on any atom is 0.229 e. The maximum atomic E-state index is 12.5. The first-order valence-electron chi connectivity index (χ1n) is 7.99. The molecule has 1 atom stereocenters. The number of carbonyl (C=O) groups is 2. The number of nitrogens with zero attached hydrogens (tertiary/aromatic N) is 1. The Morgan fingerprint density at radius 3 is 2.64 bits per heavy atom. The summed E-state index contributed by atoms with van der Waals surface area (Å²) in [5.41, 5.74) is 2.43. The van der Waals surface area contributed by atoms with Crippen LogP contribution >= 0.6 is 11.6 Å². The molecule has 0 saturated carbocycles. The summed E-state index contributed by atoms with van der Waals surface area (Å²) in [5, 5.41) is 3.38. The van der Waals surface area contributed by atoms with Crippen LogP contribution in [0.15, 0.2) is 42.5 Å². The molecule has 2 amide bonds. The molecular formula is C19H19ClN2O3. The molecule has 2 aromatic carbocycles. The Labute approximate surface area is 151 Å². The number of anilines is 2. The Hall–Kier alpha value is -2.53. The van der Waals surface area contributed by atoms with Gasteiger partial charge in [-0.2, -0.15) is 0 Å². The van der Waals surface area contributed by atoms with E-state index in [1.807, 2.05) is 31.2 Å². The first-order valence-corrected chi connectivity index (χ1v) is 8.37. The maximum absolute atomic E-state index is 12.5. The van der Waals surface area contributed by atoms with Crippen LogP contribution in [0.1, 0.15) is 12.0 Å². The molecule has 5 nitrogen and oxygen atoms in total. The van der Waals surface area contributed by atoms with Crippen LogP contribution in [0.25, 0.3) is 0 Å². The zero-order valence-corrected chi connectivity index (χ0v) is 14.8. The van der Waals surface area contributed by atoms with E-state index in [4.69, 9.17) is 16.3 Å². The average molecular weight is 359 g/mol. The van der Waals surface area contributed by atoms with Crippen LogP contribution in [0, 0.1) is 12.8 Å². The van der Waals surface area contributed by atoms with Gasteiger partial charge < -0.3 is 15.0 Å². The van der Waals surface area contributed by atoms with Gasteiger partial charge in [0, 0.05) is 23.7 Å². The third-order valence-electron chi connectivity index (χ3n) is 4.25. The van der Waals surface area contributed by atoms with E-state index in [-0.39, 0.29) is 18.2 Å². The summed E-state index contributed by atoms with van der Waals surface area (Å²) in [7, 11) is 1.54. The highest BCUT2D eigenvalue weighted by molar-refractivity contribution is 6.31. The van der Waals surface area contributed by atoms with Crippen LogP contribution in [-0.2, 0) is 9.59 Å². The van der Waals surface area contributed by atoms with Crippen molar-refractivity contribution in [1.82, 2.24) is 0 Å². The molecule has 0 spiro atoms. The Morgan fingerprint density at radius 1 is 1.24 bits per heavy atom. The highest BCUT2D eigenvalue weighted by atomic mass is 35.5. The number of hydrogen-bond acceptors (Lipinski definition) is 3. The third kappa shape index (κ3) is 3.77. The second-order valence-electron chi connectivity index (χ2n) is 6.08. The third-order valence-corrected chi connectivity index (χ3v) is 4.48. The predicted molar refractivity (Wildman–Crippen MR) is 98.3 cm³/mol. The molecular weight excluding hydrogens is 340 g/mol. The van der Waals surface area contributed by atoms with Gasteiger partial charge in [-0.1, -0.05) is 29.3 Å². The highest BCUT2D eigenvalue weighted by Gasteiger charge is 2.36. The standard InChI is InChI=1S/C19H19ClN2O3/c1-12-3-6-15(7-4-12)21-19(24)13-9-18(23)22(11-13)16-10-14(20)5-8-17(16)25-2/h3-8,10,13H,9,11H2,1-2H3,(H,21,24)/t13-/m0/s1. The fourth-order valence-corrected chi connectivity index (χ4v) is 3.04. The topological polar surface area (TPSA) is 58.6 Å². The van der Waals surface area contributed by atoms with Gasteiger partial charge in [0.2, 0.25) is 11.8 Å². The van der Waals surface area contributed by atoms with E-state index in [1.54, 1.807) is 23.1 Å². The summed E-state index contributed by atoms with van der Waals surface area (Å²) < 4.78 is 5.31. The summed E-state index contributed by atoms with van der Waals surface area (Å²) >= 11 is 6.05. The van der Waals surface area contributed by atoms with Crippen molar-refractivity contribution in [3.05, 3.63) is 53.1 Å². The fourth-order valence-electron chi connectivity index (χ4n) is 2.87. The van der Waals surface area contributed by atoms with Gasteiger partial charge in [0.1, 0.15) is 5.75 Å². The lowest BCUT2D eigenvalue weighted by Crippen LogP contribution is -2.28. The van der Waals surface area contributed by atoms with Gasteiger partial charge in [-0.05, 0) is 37.3 Å². The van der Waals surface area contributed by atoms with Crippen molar-refractivity contribution >= 4 is 34.8 Å². The average Bonchev–Trinajstić information content (AvgIpc) is 2.98. The quantitative estimate of drug-likeness (QED) is 0.907. The summed E-state index contributed by atoms with van der Waals surface area (Å²) in [6.45, 7) is 2.28. The van der Waals surface area contributed by atoms with E-state index in [9.17, 15) is 9.59 Å². The number of halogens is 1. The van der Waals surface area contributed by atoms with Crippen molar-refractivity contribution in [2.45, 2.75) is 13.3 Å². The highest BCUT2D eigenvalue weighted by Crippen LogP contribution is 2.35. The number of nitrogens with one attached hydrogen (secondary N) is 1. The van der Waals surface area contributed by atoms with Crippen LogP contribution in [0.2, 0.25) is 5.02 Å². The molecule has 0 aliphatic carbocycles. The van der Waals surface area contributed by atoms with Crippen molar-refractivity contribution in [3.8, 4) is 5.75 Å². The van der Waals surface area contributed by atoms with Gasteiger partial charge in [-0.25, -0.2) is 0 Å². The van der Waals surface area contributed by atoms with Gasteiger partial charge in [-0.15, -0.1) is 0 Å². The number of aryl methyl sites for hydroxylation is 1. The van der Waals surface area contributed by atoms with Gasteiger partial charge in [-0.3, -0.25) is 9.59 Å². The van der Waals surface area contributed by atoms with Crippen LogP contribution in [-0.4, -0.2) is 25.5 Å². The second kappa shape index (κ2) is 7.15. The van der Waals surface area contributed by atoms with Crippen molar-refractivity contribution in [2.24, 2.45) is 5.92 Å². The number of methoxy groups -OCH3 is 1. The minimum Gasteiger partial charge on any atom is -0.495 e. The van der Waals surface area contributed by atoms with E-state index in [0.29, 0.717) is 23.0 Å². The van der Waals surface area contributed by atoms with Crippen LogP contribution in [0.4, 0.5) is 11.4 Å². The Kier molecular flexibility index (Phi) is 4.95. The molecule has 130 valence electrons. The van der Waals surface area contributed by atoms with E-state index >= 15 is 0 Å². The van der Waals surface area contributed by atoms with Crippen molar-refractivity contribution in [3.63, 3.8) is 0 Å². The van der Waals surface area contributed by atoms with Gasteiger partial charge in [0.15, 0.2) is 0 Å². The fraction of sp³-hybridized carbons (Fsp3) is 0.263. The zero-order valence-electron chi connectivity index (χ0n) is 14.1. The molecule has 0 bridgehead atoms. The molecule has 0 aromatic heterocycles. The van der Waals surface area contributed by atoms with Crippen LogP contribution < -0.4 is 15.0 Å². The molecule has 2 aromatic rings. The molecule has 1 heterocycles. The molecule has 6 heteroatoms. The largest absolute Gasteiger partial charge is 0.495 e. The molecule has 0 unspecified atom stereocenters. The monoisotopic (exact) mass is 358 g/mol. The number of hydrogen-bond donors (Lipinski definition) is 1. The van der Waals surface area contributed by atoms with E-state index in [2.05, 4.69) is 5.32 Å². The Balaban J connectivity index is 1.75. The molecule has 3 rings (SSSR count). The van der Waals surface area contributed by atoms with Crippen LogP contribution in [0.3, 0.4) is 0 Å². The number of carbonyl (C=O) groups excluding carboxylic acids is 2. The molecule has 0 radical (unpaired) electrons. The first kappa shape index (κ1) is 17.3. The van der Waals surface area contributed by atoms with E-state index in [1.165, 1.54) is 7.11 Å². The van der Waals surface area contributed by atoms with Crippen molar-refractivity contribution in [1.29, 1.82) is 0 Å². The van der Waals surface area contributed by atoms with Gasteiger partial charge in [0.25, 0.3) is 0 Å². The minimum atomic E-state index is -0.419. The predicted octanol–water partition coefficient (Wildman–Crippen LogP) is 3.65. The minimum absolute atomic E-state index is 0.121. The number of amides is 2. The molecule has 1 saturated heterocycles. The lowest BCUT2D eigenvalue weighted by atomic mass is 10.1. The summed E-state index contributed by atoms with van der Waals surface area (Å²) in [4.78, 5) is 26.5. The van der Waals surface area contributed by atoms with E-state index < -0.39 is 5.92 Å². The molecule has 1 fully saturated rings. The molecule has 1 N–H and O–H groups in total. The second-order valence-corrected chi connectivity index (χ2v) is 6.51. The molecule has 1 aliphatic rings. The van der Waals surface area contributed by atoms with Crippen molar-refractivity contribution in [2.75, 3.05) is 23.9 Å². The van der Waals surface area contributed by atoms with Gasteiger partial charge >= 0.3 is 0 Å². The first-order chi connectivity index (χ1) is 12.0. The lowest BCUT2D eigenvalue weighted by molar-refractivity contribution is -0.122. The number of ether oxygens (including phenoxy) is 1. The Morgan fingerprint density at radius 2 is 1.96 bits per heavy atom. The van der Waals surface area contributed by atoms with Crippen LogP contribution in [0.5, 0.6) is 5.75 Å². The van der Waals surface area contributed by atoms with Gasteiger partial charge in [0.05, 0.1) is 18.7 Å². The zero-order chi connectivity index (χ0) is 18.0. The Bertz CT molecular complexity index is 805. The smallest absolute Gasteiger partial charge is 0.229 e. The number of benzene rings is 2. The summed E-state index contributed by atoms with van der Waals surface area (Å²) in [5.74, 6) is -0.153. The van der Waals surface area contributed by atoms with E-state index in [0.717, 1.165) is 11.3 Å². The molecule has 25 heavy (non-hydrogen) atoms. The summed E-state index contributed by atoms with van der Waals surface area (Å²) in [6, 6.07) is 12.6. The number of rotatable bonds is 4. The SMILES string of the molecule is COc1ccc(Cl)cc1N1C[C@@H](C(=O)Nc2ccc(C)cc2)CC1=O. The van der Waals surface area contributed by atoms with Crippen molar-refractivity contribution < 1.29 is 14.3 Å². The molecule has 1 aliphatic heterocycles. The summed E-state index contributed by atoms with van der Waals surface area (Å²) in [6.07, 6.45) is 0.160. The normalized spacial score (nSPS) is 16.8.